The number of hydrogen-bond acceptors (Lipinski definition) is 3. The van der Waals surface area contributed by atoms with Gasteiger partial charge in [0.05, 0.1) is 10.8 Å². The van der Waals surface area contributed by atoms with Gasteiger partial charge in [-0.1, -0.05) is 25.1 Å². The number of thiophene rings is 1. The predicted molar refractivity (Wildman–Crippen MR) is 102 cm³/mol. The van der Waals surface area contributed by atoms with Crippen molar-refractivity contribution in [2.45, 2.75) is 33.1 Å². The van der Waals surface area contributed by atoms with Crippen molar-refractivity contribution in [3.8, 4) is 0 Å². The van der Waals surface area contributed by atoms with Gasteiger partial charge in [-0.15, -0.1) is 11.3 Å². The first-order valence-electron chi connectivity index (χ1n) is 8.83. The molecule has 25 heavy (non-hydrogen) atoms. The Labute approximate surface area is 152 Å². The minimum Gasteiger partial charge on any atom is -0.337 e. The summed E-state index contributed by atoms with van der Waals surface area (Å²) in [6, 6.07) is 11.5. The summed E-state index contributed by atoms with van der Waals surface area (Å²) in [5.74, 6) is -0.0880. The Morgan fingerprint density at radius 2 is 2.04 bits per heavy atom. The van der Waals surface area contributed by atoms with Gasteiger partial charge in [-0.05, 0) is 49.9 Å². The molecule has 1 atom stereocenters. The van der Waals surface area contributed by atoms with E-state index in [-0.39, 0.29) is 17.7 Å². The van der Waals surface area contributed by atoms with Crippen molar-refractivity contribution in [3.05, 3.63) is 51.7 Å². The fourth-order valence-electron chi connectivity index (χ4n) is 3.27. The van der Waals surface area contributed by atoms with Gasteiger partial charge in [0.2, 0.25) is 5.91 Å². The summed E-state index contributed by atoms with van der Waals surface area (Å²) in [6.45, 7) is 5.39. The van der Waals surface area contributed by atoms with E-state index in [1.807, 2.05) is 41.3 Å². The second-order valence-corrected chi connectivity index (χ2v) is 7.75. The molecule has 1 saturated heterocycles. The molecule has 1 aromatic carbocycles. The van der Waals surface area contributed by atoms with E-state index < -0.39 is 0 Å². The highest BCUT2D eigenvalue weighted by Crippen LogP contribution is 2.26. The zero-order chi connectivity index (χ0) is 17.8. The van der Waals surface area contributed by atoms with Gasteiger partial charge >= 0.3 is 0 Å². The molecule has 0 saturated carbocycles. The number of likely N-dealkylation sites (tertiary alicyclic amines) is 1. The van der Waals surface area contributed by atoms with Gasteiger partial charge in [-0.25, -0.2) is 0 Å². The van der Waals surface area contributed by atoms with Crippen LogP contribution in [0, 0.1) is 12.8 Å². The lowest BCUT2D eigenvalue weighted by molar-refractivity contribution is -0.121. The van der Waals surface area contributed by atoms with E-state index in [0.29, 0.717) is 6.54 Å². The number of carbonyl (C=O) groups excluding carboxylic acids is 2. The third-order valence-corrected chi connectivity index (χ3v) is 5.81. The standard InChI is InChI=1S/C20H24N2O2S/c1-3-15-12-18(25-14(15)2)20(24)22-11-7-8-16(13-22)19(23)21-17-9-5-4-6-10-17/h4-6,9-10,12,16H,3,7-8,11,13H2,1-2H3,(H,21,23)/t16-/m0/s1. The third kappa shape index (κ3) is 4.10. The molecule has 1 aromatic heterocycles. The summed E-state index contributed by atoms with van der Waals surface area (Å²) in [4.78, 5) is 29.2. The smallest absolute Gasteiger partial charge is 0.263 e. The summed E-state index contributed by atoms with van der Waals surface area (Å²) in [5, 5.41) is 2.96. The monoisotopic (exact) mass is 356 g/mol. The fraction of sp³-hybridized carbons (Fsp3) is 0.400. The summed E-state index contributed by atoms with van der Waals surface area (Å²) in [5.41, 5.74) is 2.04. The lowest BCUT2D eigenvalue weighted by Gasteiger charge is -2.31. The van der Waals surface area contributed by atoms with Crippen molar-refractivity contribution in [3.63, 3.8) is 0 Å². The van der Waals surface area contributed by atoms with Crippen LogP contribution in [-0.2, 0) is 11.2 Å². The first-order valence-corrected chi connectivity index (χ1v) is 9.64. The minimum absolute atomic E-state index is 0.000285. The number of nitrogens with zero attached hydrogens (tertiary/aromatic N) is 1. The molecule has 0 aliphatic carbocycles. The van der Waals surface area contributed by atoms with Crippen LogP contribution in [-0.4, -0.2) is 29.8 Å². The molecule has 4 nitrogen and oxygen atoms in total. The minimum atomic E-state index is -0.149. The zero-order valence-electron chi connectivity index (χ0n) is 14.7. The first kappa shape index (κ1) is 17.7. The van der Waals surface area contributed by atoms with Crippen LogP contribution in [0.2, 0.25) is 0 Å². The zero-order valence-corrected chi connectivity index (χ0v) is 15.6. The quantitative estimate of drug-likeness (QED) is 0.896. The Kier molecular flexibility index (Phi) is 5.53. The average molecular weight is 356 g/mol. The number of hydrogen-bond donors (Lipinski definition) is 1. The second-order valence-electron chi connectivity index (χ2n) is 6.49. The van der Waals surface area contributed by atoms with Crippen LogP contribution in [0.4, 0.5) is 5.69 Å². The number of nitrogens with one attached hydrogen (secondary N) is 1. The van der Waals surface area contributed by atoms with Crippen molar-refractivity contribution in [1.29, 1.82) is 0 Å². The van der Waals surface area contributed by atoms with Gasteiger partial charge in [-0.3, -0.25) is 9.59 Å². The molecule has 5 heteroatoms. The van der Waals surface area contributed by atoms with Gasteiger partial charge in [-0.2, -0.15) is 0 Å². The molecule has 2 heterocycles. The van der Waals surface area contributed by atoms with Crippen molar-refractivity contribution in [2.75, 3.05) is 18.4 Å². The molecule has 0 unspecified atom stereocenters. The molecule has 132 valence electrons. The topological polar surface area (TPSA) is 49.4 Å². The predicted octanol–water partition coefficient (Wildman–Crippen LogP) is 4.11. The van der Waals surface area contributed by atoms with Crippen molar-refractivity contribution >= 4 is 28.8 Å². The van der Waals surface area contributed by atoms with Gasteiger partial charge < -0.3 is 10.2 Å². The molecule has 0 radical (unpaired) electrons. The molecular weight excluding hydrogens is 332 g/mol. The van der Waals surface area contributed by atoms with Crippen LogP contribution in [0.25, 0.3) is 0 Å². The van der Waals surface area contributed by atoms with Crippen molar-refractivity contribution < 1.29 is 9.59 Å². The number of benzene rings is 1. The van der Waals surface area contributed by atoms with Crippen molar-refractivity contribution in [1.82, 2.24) is 4.90 Å². The molecule has 1 aliphatic heterocycles. The molecular formula is C20H24N2O2S. The number of para-hydroxylation sites is 1. The van der Waals surface area contributed by atoms with E-state index in [1.165, 1.54) is 10.4 Å². The Hall–Kier alpha value is -2.14. The number of amides is 2. The summed E-state index contributed by atoms with van der Waals surface area (Å²) >= 11 is 1.56. The molecule has 1 fully saturated rings. The Morgan fingerprint density at radius 1 is 1.28 bits per heavy atom. The number of rotatable bonds is 4. The van der Waals surface area contributed by atoms with Gasteiger partial charge in [0.25, 0.3) is 5.91 Å². The summed E-state index contributed by atoms with van der Waals surface area (Å²) in [6.07, 6.45) is 2.63. The highest BCUT2D eigenvalue weighted by molar-refractivity contribution is 7.14. The van der Waals surface area contributed by atoms with Gasteiger partial charge in [0.1, 0.15) is 0 Å². The fourth-order valence-corrected chi connectivity index (χ4v) is 4.36. The van der Waals surface area contributed by atoms with Gasteiger partial charge in [0.15, 0.2) is 0 Å². The summed E-state index contributed by atoms with van der Waals surface area (Å²) in [7, 11) is 0. The van der Waals surface area contributed by atoms with Crippen LogP contribution in [0.15, 0.2) is 36.4 Å². The lowest BCUT2D eigenvalue weighted by atomic mass is 9.96. The molecule has 0 bridgehead atoms. The molecule has 1 aliphatic rings. The first-order chi connectivity index (χ1) is 12.1. The van der Waals surface area contributed by atoms with E-state index in [4.69, 9.17) is 0 Å². The highest BCUT2D eigenvalue weighted by Gasteiger charge is 2.29. The van der Waals surface area contributed by atoms with E-state index in [2.05, 4.69) is 19.2 Å². The highest BCUT2D eigenvalue weighted by atomic mass is 32.1. The number of piperidine rings is 1. The number of aryl methyl sites for hydroxylation is 2. The van der Waals surface area contributed by atoms with Crippen LogP contribution in [0.5, 0.6) is 0 Å². The van der Waals surface area contributed by atoms with E-state index >= 15 is 0 Å². The number of carbonyl (C=O) groups is 2. The maximum absolute atomic E-state index is 12.8. The SMILES string of the molecule is CCc1cc(C(=O)N2CCC[C@H](C(=O)Nc3ccccc3)C2)sc1C. The molecule has 2 aromatic rings. The summed E-state index contributed by atoms with van der Waals surface area (Å²) < 4.78 is 0. The van der Waals surface area contributed by atoms with E-state index in [0.717, 1.165) is 36.4 Å². The Bertz CT molecular complexity index is 754. The van der Waals surface area contributed by atoms with Crippen LogP contribution < -0.4 is 5.32 Å². The third-order valence-electron chi connectivity index (χ3n) is 4.73. The van der Waals surface area contributed by atoms with Crippen LogP contribution >= 0.6 is 11.3 Å². The average Bonchev–Trinajstić information content (AvgIpc) is 3.03. The normalized spacial score (nSPS) is 17.4. The van der Waals surface area contributed by atoms with Crippen molar-refractivity contribution in [2.24, 2.45) is 5.92 Å². The maximum atomic E-state index is 12.8. The lowest BCUT2D eigenvalue weighted by Crippen LogP contribution is -2.43. The van der Waals surface area contributed by atoms with Gasteiger partial charge in [0, 0.05) is 23.7 Å². The molecule has 0 spiro atoms. The van der Waals surface area contributed by atoms with E-state index in [9.17, 15) is 9.59 Å². The van der Waals surface area contributed by atoms with Crippen LogP contribution in [0.1, 0.15) is 39.9 Å². The van der Waals surface area contributed by atoms with E-state index in [1.54, 1.807) is 11.3 Å². The molecule has 1 N–H and O–H groups in total. The maximum Gasteiger partial charge on any atom is 0.263 e. The second kappa shape index (κ2) is 7.83. The Balaban J connectivity index is 1.65. The molecule has 2 amide bonds. The Morgan fingerprint density at radius 3 is 2.72 bits per heavy atom. The number of anilines is 1. The van der Waals surface area contributed by atoms with Crippen LogP contribution in [0.3, 0.4) is 0 Å². The molecule has 3 rings (SSSR count). The largest absolute Gasteiger partial charge is 0.337 e.